The van der Waals surface area contributed by atoms with Crippen molar-refractivity contribution in [3.63, 3.8) is 0 Å². The van der Waals surface area contributed by atoms with E-state index in [1.165, 1.54) is 25.9 Å². The van der Waals surface area contributed by atoms with Gasteiger partial charge in [-0.15, -0.1) is 0 Å². The number of hydrogen-bond acceptors (Lipinski definition) is 3. The number of carbonyl (C=O) groups is 1. The summed E-state index contributed by atoms with van der Waals surface area (Å²) in [6.45, 7) is 10.3. The minimum atomic E-state index is 0.155. The molecule has 112 valence electrons. The smallest absolute Gasteiger partial charge is 0.220 e. The molecular weight excluding hydrogens is 238 g/mol. The van der Waals surface area contributed by atoms with E-state index in [4.69, 9.17) is 5.73 Å². The molecule has 1 rings (SSSR count). The number of nitrogens with zero attached hydrogens (tertiary/aromatic N) is 1. The Bertz CT molecular complexity index is 262. The predicted molar refractivity (Wildman–Crippen MR) is 79.9 cm³/mol. The lowest BCUT2D eigenvalue weighted by atomic mass is 9.94. The molecule has 2 unspecified atom stereocenters. The van der Waals surface area contributed by atoms with E-state index in [2.05, 4.69) is 31.0 Å². The maximum absolute atomic E-state index is 11.9. The van der Waals surface area contributed by atoms with Crippen molar-refractivity contribution in [1.82, 2.24) is 10.2 Å². The van der Waals surface area contributed by atoms with Crippen molar-refractivity contribution in [2.24, 2.45) is 17.6 Å². The molecule has 1 fully saturated rings. The minimum absolute atomic E-state index is 0.155. The van der Waals surface area contributed by atoms with E-state index < -0.39 is 0 Å². The van der Waals surface area contributed by atoms with E-state index in [-0.39, 0.29) is 5.91 Å². The summed E-state index contributed by atoms with van der Waals surface area (Å²) in [6.07, 6.45) is 4.19. The van der Waals surface area contributed by atoms with E-state index in [1.54, 1.807) is 0 Å². The molecule has 19 heavy (non-hydrogen) atoms. The molecule has 0 bridgehead atoms. The van der Waals surface area contributed by atoms with Crippen LogP contribution in [0.3, 0.4) is 0 Å². The zero-order valence-electron chi connectivity index (χ0n) is 12.8. The molecule has 0 aromatic rings. The maximum Gasteiger partial charge on any atom is 0.220 e. The number of nitrogens with two attached hydrogens (primary N) is 1. The van der Waals surface area contributed by atoms with Crippen molar-refractivity contribution < 1.29 is 4.79 Å². The lowest BCUT2D eigenvalue weighted by molar-refractivity contribution is -0.122. The summed E-state index contributed by atoms with van der Waals surface area (Å²) in [5.41, 5.74) is 5.74. The lowest BCUT2D eigenvalue weighted by Gasteiger charge is -2.24. The molecule has 0 aliphatic carbocycles. The summed E-state index contributed by atoms with van der Waals surface area (Å²) >= 11 is 0. The third-order valence-electron chi connectivity index (χ3n) is 3.97. The zero-order chi connectivity index (χ0) is 14.3. The van der Waals surface area contributed by atoms with Gasteiger partial charge in [-0.05, 0) is 57.7 Å². The molecule has 0 spiro atoms. The Morgan fingerprint density at radius 2 is 1.89 bits per heavy atom. The molecule has 0 aromatic carbocycles. The van der Waals surface area contributed by atoms with Gasteiger partial charge in [0.1, 0.15) is 0 Å². The second-order valence-electron chi connectivity index (χ2n) is 6.33. The van der Waals surface area contributed by atoms with E-state index in [0.29, 0.717) is 30.8 Å². The Balaban J connectivity index is 2.22. The fourth-order valence-corrected chi connectivity index (χ4v) is 2.84. The highest BCUT2D eigenvalue weighted by Gasteiger charge is 2.19. The Labute approximate surface area is 118 Å². The van der Waals surface area contributed by atoms with E-state index in [1.807, 2.05) is 0 Å². The predicted octanol–water partition coefficient (Wildman–Crippen LogP) is 1.60. The molecule has 0 aromatic heterocycles. The van der Waals surface area contributed by atoms with Gasteiger partial charge in [0.05, 0.1) is 0 Å². The Hall–Kier alpha value is -0.610. The van der Waals surface area contributed by atoms with Gasteiger partial charge >= 0.3 is 0 Å². The van der Waals surface area contributed by atoms with Gasteiger partial charge in [0, 0.05) is 19.0 Å². The van der Waals surface area contributed by atoms with E-state index in [9.17, 15) is 4.79 Å². The summed E-state index contributed by atoms with van der Waals surface area (Å²) in [5, 5.41) is 3.06. The molecular formula is C15H31N3O. The summed E-state index contributed by atoms with van der Waals surface area (Å²) in [4.78, 5) is 14.4. The standard InChI is InChI=1S/C15H31N3O/c1-12(2)8-14(10-16)9-15(19)17-11-13(3)18-6-4-5-7-18/h12-14H,4-11,16H2,1-3H3,(H,17,19). The van der Waals surface area contributed by atoms with E-state index >= 15 is 0 Å². The van der Waals surface area contributed by atoms with Crippen molar-refractivity contribution in [2.75, 3.05) is 26.2 Å². The monoisotopic (exact) mass is 269 g/mol. The first-order valence-corrected chi connectivity index (χ1v) is 7.73. The second-order valence-corrected chi connectivity index (χ2v) is 6.33. The molecule has 1 aliphatic rings. The van der Waals surface area contributed by atoms with Crippen molar-refractivity contribution in [3.8, 4) is 0 Å². The van der Waals surface area contributed by atoms with Gasteiger partial charge < -0.3 is 11.1 Å². The largest absolute Gasteiger partial charge is 0.355 e. The lowest BCUT2D eigenvalue weighted by Crippen LogP contribution is -2.41. The number of nitrogens with one attached hydrogen (secondary N) is 1. The highest BCUT2D eigenvalue weighted by atomic mass is 16.1. The maximum atomic E-state index is 11.9. The number of carbonyl (C=O) groups excluding carboxylic acids is 1. The van der Waals surface area contributed by atoms with Crippen LogP contribution in [0.5, 0.6) is 0 Å². The van der Waals surface area contributed by atoms with Crippen LogP contribution in [0.2, 0.25) is 0 Å². The van der Waals surface area contributed by atoms with Crippen LogP contribution in [-0.2, 0) is 4.79 Å². The van der Waals surface area contributed by atoms with Crippen LogP contribution in [0.1, 0.15) is 46.5 Å². The van der Waals surface area contributed by atoms with Gasteiger partial charge in [0.15, 0.2) is 0 Å². The van der Waals surface area contributed by atoms with Crippen molar-refractivity contribution in [2.45, 2.75) is 52.5 Å². The van der Waals surface area contributed by atoms with Gasteiger partial charge in [-0.1, -0.05) is 13.8 Å². The van der Waals surface area contributed by atoms with Crippen LogP contribution < -0.4 is 11.1 Å². The fraction of sp³-hybridized carbons (Fsp3) is 0.933. The van der Waals surface area contributed by atoms with Crippen LogP contribution in [-0.4, -0.2) is 43.0 Å². The Morgan fingerprint density at radius 1 is 1.26 bits per heavy atom. The Morgan fingerprint density at radius 3 is 2.42 bits per heavy atom. The summed E-state index contributed by atoms with van der Waals surface area (Å²) < 4.78 is 0. The number of rotatable bonds is 8. The molecule has 0 radical (unpaired) electrons. The number of amides is 1. The summed E-state index contributed by atoms with van der Waals surface area (Å²) in [6, 6.07) is 0.452. The summed E-state index contributed by atoms with van der Waals surface area (Å²) in [5.74, 6) is 1.08. The molecule has 0 saturated carbocycles. The highest BCUT2D eigenvalue weighted by Crippen LogP contribution is 2.14. The van der Waals surface area contributed by atoms with Gasteiger partial charge in [-0.3, -0.25) is 9.69 Å². The fourth-order valence-electron chi connectivity index (χ4n) is 2.84. The third-order valence-corrected chi connectivity index (χ3v) is 3.97. The van der Waals surface area contributed by atoms with Crippen molar-refractivity contribution in [1.29, 1.82) is 0 Å². The molecule has 4 heteroatoms. The summed E-state index contributed by atoms with van der Waals surface area (Å²) in [7, 11) is 0. The molecule has 2 atom stereocenters. The van der Waals surface area contributed by atoms with Crippen LogP contribution in [0, 0.1) is 11.8 Å². The van der Waals surface area contributed by atoms with Crippen LogP contribution in [0.25, 0.3) is 0 Å². The zero-order valence-corrected chi connectivity index (χ0v) is 12.8. The number of hydrogen-bond donors (Lipinski definition) is 2. The van der Waals surface area contributed by atoms with Gasteiger partial charge in [-0.2, -0.15) is 0 Å². The van der Waals surface area contributed by atoms with Crippen LogP contribution in [0.4, 0.5) is 0 Å². The third kappa shape index (κ3) is 6.39. The van der Waals surface area contributed by atoms with Crippen LogP contribution >= 0.6 is 0 Å². The van der Waals surface area contributed by atoms with Crippen molar-refractivity contribution >= 4 is 5.91 Å². The first kappa shape index (κ1) is 16.4. The van der Waals surface area contributed by atoms with Gasteiger partial charge in [0.25, 0.3) is 0 Å². The minimum Gasteiger partial charge on any atom is -0.355 e. The SMILES string of the molecule is CC(C)CC(CN)CC(=O)NCC(C)N1CCCC1. The topological polar surface area (TPSA) is 58.4 Å². The molecule has 1 amide bonds. The molecule has 1 saturated heterocycles. The molecule has 3 N–H and O–H groups in total. The quantitative estimate of drug-likeness (QED) is 0.703. The average Bonchev–Trinajstić information content (AvgIpc) is 2.88. The first-order valence-electron chi connectivity index (χ1n) is 7.73. The van der Waals surface area contributed by atoms with Gasteiger partial charge in [-0.25, -0.2) is 0 Å². The van der Waals surface area contributed by atoms with E-state index in [0.717, 1.165) is 13.0 Å². The molecule has 1 heterocycles. The van der Waals surface area contributed by atoms with Gasteiger partial charge in [0.2, 0.25) is 5.91 Å². The highest BCUT2D eigenvalue weighted by molar-refractivity contribution is 5.76. The first-order chi connectivity index (χ1) is 9.02. The number of likely N-dealkylation sites (tertiary alicyclic amines) is 1. The Kier molecular flexibility index (Phi) is 7.39. The molecule has 1 aliphatic heterocycles. The average molecular weight is 269 g/mol. The molecule has 4 nitrogen and oxygen atoms in total. The normalized spacial score (nSPS) is 19.6. The van der Waals surface area contributed by atoms with Crippen molar-refractivity contribution in [3.05, 3.63) is 0 Å². The second kappa shape index (κ2) is 8.54. The van der Waals surface area contributed by atoms with Crippen LogP contribution in [0.15, 0.2) is 0 Å².